The van der Waals surface area contributed by atoms with Gasteiger partial charge in [0.25, 0.3) is 5.69 Å². The lowest BCUT2D eigenvalue weighted by atomic mass is 9.98. The highest BCUT2D eigenvalue weighted by atomic mass is 127. The highest BCUT2D eigenvalue weighted by Crippen LogP contribution is 2.27. The fourth-order valence-corrected chi connectivity index (χ4v) is 2.81. The Balaban J connectivity index is 1.91. The van der Waals surface area contributed by atoms with E-state index in [0.717, 1.165) is 35.3 Å². The Morgan fingerprint density at radius 3 is 2.74 bits per heavy atom. The van der Waals surface area contributed by atoms with E-state index in [4.69, 9.17) is 4.74 Å². The fourth-order valence-electron chi connectivity index (χ4n) is 2.16. The van der Waals surface area contributed by atoms with Crippen molar-refractivity contribution in [3.8, 4) is 5.75 Å². The van der Waals surface area contributed by atoms with Crippen molar-refractivity contribution in [2.24, 2.45) is 5.92 Å². The minimum absolute atomic E-state index is 0.107. The number of hydrogen-bond acceptors (Lipinski definition) is 4. The predicted molar refractivity (Wildman–Crippen MR) is 81.5 cm³/mol. The van der Waals surface area contributed by atoms with Crippen LogP contribution < -0.4 is 4.74 Å². The van der Waals surface area contributed by atoms with Gasteiger partial charge in [0, 0.05) is 12.1 Å². The lowest BCUT2D eigenvalue weighted by Gasteiger charge is -2.28. The Kier molecular flexibility index (Phi) is 4.98. The first-order valence-corrected chi connectivity index (χ1v) is 7.39. The molecule has 1 aliphatic rings. The molecule has 2 rings (SSSR count). The van der Waals surface area contributed by atoms with Crippen LogP contribution in [-0.2, 0) is 0 Å². The van der Waals surface area contributed by atoms with E-state index in [2.05, 4.69) is 34.5 Å². The monoisotopic (exact) mass is 376 g/mol. The number of nitro benzene ring substituents is 1. The zero-order valence-electron chi connectivity index (χ0n) is 10.8. The lowest BCUT2D eigenvalue weighted by Crippen LogP contribution is -2.32. The Bertz CT molecular complexity index is 459. The van der Waals surface area contributed by atoms with Gasteiger partial charge in [0.15, 0.2) is 0 Å². The third-order valence-corrected chi connectivity index (χ3v) is 4.28. The van der Waals surface area contributed by atoms with E-state index >= 15 is 0 Å². The van der Waals surface area contributed by atoms with Gasteiger partial charge in [0.1, 0.15) is 5.75 Å². The van der Waals surface area contributed by atoms with Crippen LogP contribution in [0.1, 0.15) is 12.8 Å². The molecule has 1 aromatic rings. The molecule has 1 heterocycles. The van der Waals surface area contributed by atoms with E-state index in [-0.39, 0.29) is 10.6 Å². The summed E-state index contributed by atoms with van der Waals surface area (Å²) < 4.78 is 6.59. The number of likely N-dealkylation sites (tertiary alicyclic amines) is 1. The normalized spacial score (nSPS) is 17.4. The van der Waals surface area contributed by atoms with Crippen LogP contribution >= 0.6 is 22.6 Å². The van der Waals surface area contributed by atoms with Crippen molar-refractivity contribution < 1.29 is 9.66 Å². The summed E-state index contributed by atoms with van der Waals surface area (Å²) in [6.45, 7) is 2.93. The fraction of sp³-hybridized carbons (Fsp3) is 0.538. The SMILES string of the molecule is CN1CCC(COc2ccc([N+](=O)[O-])cc2I)CC1. The number of nitrogens with zero attached hydrogens (tertiary/aromatic N) is 2. The van der Waals surface area contributed by atoms with Crippen LogP contribution in [0.25, 0.3) is 0 Å². The van der Waals surface area contributed by atoms with Gasteiger partial charge in [0.05, 0.1) is 15.1 Å². The molecule has 104 valence electrons. The van der Waals surface area contributed by atoms with E-state index < -0.39 is 0 Å². The van der Waals surface area contributed by atoms with Gasteiger partial charge in [-0.1, -0.05) is 0 Å². The van der Waals surface area contributed by atoms with E-state index in [9.17, 15) is 10.1 Å². The molecule has 0 N–H and O–H groups in total. The van der Waals surface area contributed by atoms with E-state index in [1.807, 2.05) is 0 Å². The van der Waals surface area contributed by atoms with Crippen LogP contribution in [0.4, 0.5) is 5.69 Å². The summed E-state index contributed by atoms with van der Waals surface area (Å²) in [5.41, 5.74) is 0.107. The van der Waals surface area contributed by atoms with Gasteiger partial charge >= 0.3 is 0 Å². The molecule has 0 atom stereocenters. The minimum Gasteiger partial charge on any atom is -0.492 e. The molecule has 0 radical (unpaired) electrons. The molecule has 1 aromatic carbocycles. The highest BCUT2D eigenvalue weighted by Gasteiger charge is 2.18. The Labute approximate surface area is 126 Å². The average molecular weight is 376 g/mol. The smallest absolute Gasteiger partial charge is 0.270 e. The molecule has 0 aromatic heterocycles. The molecule has 0 spiro atoms. The largest absolute Gasteiger partial charge is 0.492 e. The number of rotatable bonds is 4. The molecule has 5 nitrogen and oxygen atoms in total. The number of piperidine rings is 1. The summed E-state index contributed by atoms with van der Waals surface area (Å²) in [5, 5.41) is 10.7. The maximum atomic E-state index is 10.7. The first-order chi connectivity index (χ1) is 9.06. The third kappa shape index (κ3) is 4.04. The number of hydrogen-bond donors (Lipinski definition) is 0. The molecule has 0 saturated carbocycles. The molecule has 0 unspecified atom stereocenters. The number of ether oxygens (including phenoxy) is 1. The summed E-state index contributed by atoms with van der Waals surface area (Å²) in [6, 6.07) is 4.73. The number of halogens is 1. The summed E-state index contributed by atoms with van der Waals surface area (Å²) in [6.07, 6.45) is 2.31. The molecule has 19 heavy (non-hydrogen) atoms. The number of non-ortho nitro benzene ring substituents is 1. The van der Waals surface area contributed by atoms with Crippen molar-refractivity contribution in [2.45, 2.75) is 12.8 Å². The Morgan fingerprint density at radius 2 is 2.16 bits per heavy atom. The van der Waals surface area contributed by atoms with Gasteiger partial charge in [-0.05, 0) is 67.6 Å². The summed E-state index contributed by atoms with van der Waals surface area (Å²) in [4.78, 5) is 12.6. The Hall–Kier alpha value is -0.890. The van der Waals surface area contributed by atoms with Crippen LogP contribution in [0.15, 0.2) is 18.2 Å². The second-order valence-electron chi connectivity index (χ2n) is 4.93. The molecule has 1 aliphatic heterocycles. The summed E-state index contributed by atoms with van der Waals surface area (Å²) in [7, 11) is 2.14. The first kappa shape index (κ1) is 14.5. The van der Waals surface area contributed by atoms with Gasteiger partial charge in [-0.3, -0.25) is 10.1 Å². The molecular weight excluding hydrogens is 359 g/mol. The zero-order valence-corrected chi connectivity index (χ0v) is 13.0. The number of nitro groups is 1. The Morgan fingerprint density at radius 1 is 1.47 bits per heavy atom. The van der Waals surface area contributed by atoms with Crippen molar-refractivity contribution in [1.29, 1.82) is 0 Å². The van der Waals surface area contributed by atoms with Crippen LogP contribution in [0.3, 0.4) is 0 Å². The molecule has 0 aliphatic carbocycles. The first-order valence-electron chi connectivity index (χ1n) is 6.31. The minimum atomic E-state index is -0.386. The van der Waals surface area contributed by atoms with Crippen molar-refractivity contribution in [2.75, 3.05) is 26.7 Å². The lowest BCUT2D eigenvalue weighted by molar-refractivity contribution is -0.385. The zero-order chi connectivity index (χ0) is 13.8. The molecule has 1 saturated heterocycles. The molecule has 0 amide bonds. The van der Waals surface area contributed by atoms with E-state index in [1.165, 1.54) is 6.07 Å². The molecule has 6 heteroatoms. The molecule has 0 bridgehead atoms. The van der Waals surface area contributed by atoms with Crippen LogP contribution in [-0.4, -0.2) is 36.6 Å². The van der Waals surface area contributed by atoms with Gasteiger partial charge in [0.2, 0.25) is 0 Å². The number of benzene rings is 1. The maximum absolute atomic E-state index is 10.7. The standard InChI is InChI=1S/C13H17IN2O3/c1-15-6-4-10(5-7-15)9-19-13-3-2-11(16(17)18)8-12(13)14/h2-3,8,10H,4-7,9H2,1H3. The van der Waals surface area contributed by atoms with Crippen LogP contribution in [0.2, 0.25) is 0 Å². The van der Waals surface area contributed by atoms with Crippen molar-refractivity contribution >= 4 is 28.3 Å². The van der Waals surface area contributed by atoms with Gasteiger partial charge in [-0.2, -0.15) is 0 Å². The average Bonchev–Trinajstić information content (AvgIpc) is 2.39. The van der Waals surface area contributed by atoms with Crippen molar-refractivity contribution in [1.82, 2.24) is 4.90 Å². The summed E-state index contributed by atoms with van der Waals surface area (Å²) >= 11 is 2.08. The third-order valence-electron chi connectivity index (χ3n) is 3.44. The topological polar surface area (TPSA) is 55.6 Å². The second-order valence-corrected chi connectivity index (χ2v) is 6.09. The van der Waals surface area contributed by atoms with Gasteiger partial charge in [-0.15, -0.1) is 0 Å². The van der Waals surface area contributed by atoms with Crippen LogP contribution in [0.5, 0.6) is 5.75 Å². The van der Waals surface area contributed by atoms with Gasteiger partial charge in [-0.25, -0.2) is 0 Å². The highest BCUT2D eigenvalue weighted by molar-refractivity contribution is 14.1. The van der Waals surface area contributed by atoms with E-state index in [0.29, 0.717) is 12.5 Å². The summed E-state index contributed by atoms with van der Waals surface area (Å²) in [5.74, 6) is 1.33. The van der Waals surface area contributed by atoms with Crippen molar-refractivity contribution in [3.63, 3.8) is 0 Å². The quantitative estimate of drug-likeness (QED) is 0.461. The van der Waals surface area contributed by atoms with E-state index in [1.54, 1.807) is 12.1 Å². The van der Waals surface area contributed by atoms with Crippen LogP contribution in [0, 0.1) is 19.6 Å². The maximum Gasteiger partial charge on any atom is 0.270 e. The second kappa shape index (κ2) is 6.51. The molecule has 1 fully saturated rings. The van der Waals surface area contributed by atoms with Gasteiger partial charge < -0.3 is 9.64 Å². The van der Waals surface area contributed by atoms with Crippen molar-refractivity contribution in [3.05, 3.63) is 31.9 Å². The predicted octanol–water partition coefficient (Wildman–Crippen LogP) is 2.92. The molecular formula is C13H17IN2O3.